The summed E-state index contributed by atoms with van der Waals surface area (Å²) >= 11 is 0. The second-order valence-electron chi connectivity index (χ2n) is 4.36. The van der Waals surface area contributed by atoms with Gasteiger partial charge in [-0.25, -0.2) is 0 Å². The van der Waals surface area contributed by atoms with Gasteiger partial charge in [0.2, 0.25) is 0 Å². The minimum Gasteiger partial charge on any atom is -0.503 e. The molecule has 0 aromatic heterocycles. The molecule has 112 valence electrons. The van der Waals surface area contributed by atoms with Gasteiger partial charge in [-0.3, -0.25) is 0 Å². The highest BCUT2D eigenvalue weighted by atomic mass is 16.5. The summed E-state index contributed by atoms with van der Waals surface area (Å²) in [6.07, 6.45) is 0. The van der Waals surface area contributed by atoms with Crippen molar-refractivity contribution in [2.24, 2.45) is 0 Å². The Morgan fingerprint density at radius 3 is 1.52 bits per heavy atom. The van der Waals surface area contributed by atoms with Crippen molar-refractivity contribution in [2.75, 3.05) is 31.0 Å². The van der Waals surface area contributed by atoms with Gasteiger partial charge in [0.25, 0.3) is 0 Å². The van der Waals surface area contributed by atoms with E-state index in [-0.39, 0.29) is 34.4 Å². The van der Waals surface area contributed by atoms with Crippen LogP contribution in [0.1, 0.15) is 0 Å². The summed E-state index contributed by atoms with van der Waals surface area (Å²) in [7, 11) is 2.86. The molecule has 21 heavy (non-hydrogen) atoms. The number of hydrogen-bond acceptors (Lipinski definition) is 7. The molecule has 0 amide bonds. The maximum Gasteiger partial charge on any atom is 0.181 e. The van der Waals surface area contributed by atoms with Crippen LogP contribution in [0.5, 0.6) is 23.0 Å². The molecule has 0 unspecified atom stereocenters. The van der Waals surface area contributed by atoms with Crippen LogP contribution in [0.4, 0.5) is 22.7 Å². The molecule has 0 saturated heterocycles. The number of nitrogens with one attached hydrogen (secondary N) is 1. The molecule has 0 aliphatic rings. The summed E-state index contributed by atoms with van der Waals surface area (Å²) in [4.78, 5) is 0. The Balaban J connectivity index is 2.38. The lowest BCUT2D eigenvalue weighted by molar-refractivity contribution is 0.375. The Labute approximate surface area is 121 Å². The Hall–Kier alpha value is -2.96. The molecule has 7 N–H and O–H groups in total. The number of anilines is 4. The molecule has 0 radical (unpaired) electrons. The highest BCUT2D eigenvalue weighted by Gasteiger charge is 2.11. The van der Waals surface area contributed by atoms with Crippen molar-refractivity contribution in [1.29, 1.82) is 0 Å². The van der Waals surface area contributed by atoms with E-state index in [1.165, 1.54) is 14.2 Å². The Kier molecular flexibility index (Phi) is 3.84. The zero-order valence-corrected chi connectivity index (χ0v) is 11.7. The first-order chi connectivity index (χ1) is 9.96. The molecule has 0 spiro atoms. The van der Waals surface area contributed by atoms with E-state index >= 15 is 0 Å². The third-order valence-corrected chi connectivity index (χ3v) is 2.94. The lowest BCUT2D eigenvalue weighted by Gasteiger charge is -2.13. The first-order valence-electron chi connectivity index (χ1n) is 6.06. The summed E-state index contributed by atoms with van der Waals surface area (Å²) in [5.74, 6) is 0.254. The third-order valence-electron chi connectivity index (χ3n) is 2.94. The van der Waals surface area contributed by atoms with E-state index in [1.54, 1.807) is 24.3 Å². The lowest BCUT2D eigenvalue weighted by atomic mass is 10.2. The molecule has 2 rings (SSSR count). The smallest absolute Gasteiger partial charge is 0.181 e. The summed E-state index contributed by atoms with van der Waals surface area (Å²) < 4.78 is 10.1. The predicted octanol–water partition coefficient (Wildman–Crippen LogP) is 2.02. The Morgan fingerprint density at radius 1 is 0.810 bits per heavy atom. The normalized spacial score (nSPS) is 10.2. The van der Waals surface area contributed by atoms with E-state index in [2.05, 4.69) is 5.32 Å². The summed E-state index contributed by atoms with van der Waals surface area (Å²) in [5.41, 5.74) is 12.9. The van der Waals surface area contributed by atoms with Crippen molar-refractivity contribution < 1.29 is 19.7 Å². The maximum atomic E-state index is 9.70. The van der Waals surface area contributed by atoms with Gasteiger partial charge in [0.1, 0.15) is 0 Å². The van der Waals surface area contributed by atoms with Crippen LogP contribution in [0, 0.1) is 0 Å². The summed E-state index contributed by atoms with van der Waals surface area (Å²) in [5, 5.41) is 22.4. The van der Waals surface area contributed by atoms with Gasteiger partial charge in [0.15, 0.2) is 23.0 Å². The SMILES string of the molecule is COc1cc(Nc2cc(N)c(O)c(OC)c2)cc(N)c1O. The van der Waals surface area contributed by atoms with Gasteiger partial charge in [0.05, 0.1) is 25.6 Å². The topological polar surface area (TPSA) is 123 Å². The van der Waals surface area contributed by atoms with Crippen molar-refractivity contribution in [3.05, 3.63) is 24.3 Å². The molecule has 0 aliphatic heterocycles. The number of nitrogens with two attached hydrogens (primary N) is 2. The van der Waals surface area contributed by atoms with Crippen molar-refractivity contribution in [2.45, 2.75) is 0 Å². The third kappa shape index (κ3) is 2.81. The first kappa shape index (κ1) is 14.4. The number of aromatic hydroxyl groups is 2. The fraction of sp³-hybridized carbons (Fsp3) is 0.143. The molecule has 2 aromatic carbocycles. The van der Waals surface area contributed by atoms with E-state index in [1.807, 2.05) is 0 Å². The van der Waals surface area contributed by atoms with E-state index in [0.29, 0.717) is 11.4 Å². The number of benzene rings is 2. The van der Waals surface area contributed by atoms with Gasteiger partial charge in [-0.15, -0.1) is 0 Å². The van der Waals surface area contributed by atoms with Crippen LogP contribution >= 0.6 is 0 Å². The van der Waals surface area contributed by atoms with Crippen LogP contribution in [0.2, 0.25) is 0 Å². The second-order valence-corrected chi connectivity index (χ2v) is 4.36. The molecular weight excluding hydrogens is 274 g/mol. The predicted molar refractivity (Wildman–Crippen MR) is 81.4 cm³/mol. The summed E-state index contributed by atoms with van der Waals surface area (Å²) in [6, 6.07) is 6.27. The lowest BCUT2D eigenvalue weighted by Crippen LogP contribution is -1.98. The van der Waals surface area contributed by atoms with Gasteiger partial charge in [-0.2, -0.15) is 0 Å². The molecule has 0 bridgehead atoms. The van der Waals surface area contributed by atoms with E-state index in [9.17, 15) is 10.2 Å². The fourth-order valence-corrected chi connectivity index (χ4v) is 1.88. The average molecular weight is 291 g/mol. The number of nitrogen functional groups attached to an aromatic ring is 2. The highest BCUT2D eigenvalue weighted by molar-refractivity contribution is 5.75. The van der Waals surface area contributed by atoms with Crippen molar-refractivity contribution >= 4 is 22.7 Å². The van der Waals surface area contributed by atoms with Crippen molar-refractivity contribution in [1.82, 2.24) is 0 Å². The van der Waals surface area contributed by atoms with Gasteiger partial charge < -0.3 is 36.5 Å². The number of hydrogen-bond donors (Lipinski definition) is 5. The van der Waals surface area contributed by atoms with E-state index in [0.717, 1.165) is 0 Å². The van der Waals surface area contributed by atoms with Crippen LogP contribution in [-0.2, 0) is 0 Å². The quantitative estimate of drug-likeness (QED) is 0.332. The molecule has 0 saturated carbocycles. The largest absolute Gasteiger partial charge is 0.503 e. The average Bonchev–Trinajstić information content (AvgIpc) is 2.46. The molecule has 0 aliphatic carbocycles. The number of phenolic OH excluding ortho intramolecular Hbond substituents is 2. The minimum absolute atomic E-state index is 0.120. The molecule has 0 atom stereocenters. The van der Waals surface area contributed by atoms with Gasteiger partial charge in [0, 0.05) is 23.5 Å². The maximum absolute atomic E-state index is 9.70. The van der Waals surface area contributed by atoms with E-state index in [4.69, 9.17) is 20.9 Å². The van der Waals surface area contributed by atoms with Gasteiger partial charge in [-0.05, 0) is 12.1 Å². The zero-order chi connectivity index (χ0) is 15.6. The monoisotopic (exact) mass is 291 g/mol. The molecule has 2 aromatic rings. The molecule has 0 heterocycles. The number of rotatable bonds is 4. The zero-order valence-electron chi connectivity index (χ0n) is 11.7. The standard InChI is InChI=1S/C14H17N3O4/c1-20-11-5-7(3-9(15)13(11)18)17-8-4-10(16)14(19)12(6-8)21-2/h3-6,17-19H,15-16H2,1-2H3. The van der Waals surface area contributed by atoms with Crippen molar-refractivity contribution in [3.63, 3.8) is 0 Å². The number of phenols is 2. The summed E-state index contributed by atoms with van der Waals surface area (Å²) in [6.45, 7) is 0. The molecule has 0 fully saturated rings. The second kappa shape index (κ2) is 5.58. The molecule has 7 nitrogen and oxygen atoms in total. The minimum atomic E-state index is -0.120. The van der Waals surface area contributed by atoms with Gasteiger partial charge in [-0.1, -0.05) is 0 Å². The van der Waals surface area contributed by atoms with Crippen LogP contribution < -0.4 is 26.3 Å². The van der Waals surface area contributed by atoms with Crippen LogP contribution in [0.15, 0.2) is 24.3 Å². The number of ether oxygens (including phenoxy) is 2. The molecular formula is C14H17N3O4. The Bertz CT molecular complexity index is 616. The van der Waals surface area contributed by atoms with Gasteiger partial charge >= 0.3 is 0 Å². The molecule has 7 heteroatoms. The van der Waals surface area contributed by atoms with Crippen LogP contribution in [0.3, 0.4) is 0 Å². The van der Waals surface area contributed by atoms with E-state index < -0.39 is 0 Å². The number of methoxy groups -OCH3 is 2. The van der Waals surface area contributed by atoms with Crippen molar-refractivity contribution in [3.8, 4) is 23.0 Å². The van der Waals surface area contributed by atoms with Crippen LogP contribution in [-0.4, -0.2) is 24.4 Å². The Morgan fingerprint density at radius 2 is 1.19 bits per heavy atom. The fourth-order valence-electron chi connectivity index (χ4n) is 1.88. The highest BCUT2D eigenvalue weighted by Crippen LogP contribution is 2.39. The first-order valence-corrected chi connectivity index (χ1v) is 6.06. The van der Waals surface area contributed by atoms with Crippen LogP contribution in [0.25, 0.3) is 0 Å².